The summed E-state index contributed by atoms with van der Waals surface area (Å²) in [5, 5.41) is 13.8. The average Bonchev–Trinajstić information content (AvgIpc) is 2.36. The Labute approximate surface area is 119 Å². The monoisotopic (exact) mass is 293 g/mol. The van der Waals surface area contributed by atoms with Crippen molar-refractivity contribution < 1.29 is 18.3 Å². The summed E-state index contributed by atoms with van der Waals surface area (Å²) < 4.78 is 37.8. The molecule has 2 aliphatic rings. The smallest absolute Gasteiger partial charge is 0.389 e. The summed E-state index contributed by atoms with van der Waals surface area (Å²) in [7, 11) is 0. The van der Waals surface area contributed by atoms with Gasteiger partial charge in [0.15, 0.2) is 0 Å². The third-order valence-corrected chi connectivity index (χ3v) is 4.98. The van der Waals surface area contributed by atoms with E-state index in [1.165, 1.54) is 6.42 Å². The lowest BCUT2D eigenvalue weighted by Crippen LogP contribution is -2.48. The van der Waals surface area contributed by atoms with Gasteiger partial charge in [0.25, 0.3) is 0 Å². The molecule has 0 amide bonds. The van der Waals surface area contributed by atoms with Crippen LogP contribution in [-0.2, 0) is 0 Å². The van der Waals surface area contributed by atoms with Gasteiger partial charge in [-0.2, -0.15) is 13.2 Å². The Morgan fingerprint density at radius 1 is 1.15 bits per heavy atom. The summed E-state index contributed by atoms with van der Waals surface area (Å²) in [5.41, 5.74) is -0.654. The summed E-state index contributed by atoms with van der Waals surface area (Å²) in [6, 6.07) is 0.134. The second-order valence-corrected chi connectivity index (χ2v) is 6.90. The van der Waals surface area contributed by atoms with Crippen LogP contribution in [0, 0.1) is 11.8 Å². The molecular weight excluding hydrogens is 267 g/mol. The van der Waals surface area contributed by atoms with Crippen LogP contribution in [0.2, 0.25) is 0 Å². The van der Waals surface area contributed by atoms with Gasteiger partial charge >= 0.3 is 6.18 Å². The molecule has 0 aromatic rings. The highest BCUT2D eigenvalue weighted by molar-refractivity contribution is 4.89. The molecule has 0 spiro atoms. The number of nitrogens with one attached hydrogen (secondary N) is 1. The topological polar surface area (TPSA) is 32.3 Å². The van der Waals surface area contributed by atoms with Gasteiger partial charge < -0.3 is 10.4 Å². The van der Waals surface area contributed by atoms with Crippen molar-refractivity contribution in [1.82, 2.24) is 5.32 Å². The molecule has 2 unspecified atom stereocenters. The van der Waals surface area contributed by atoms with E-state index in [2.05, 4.69) is 12.2 Å². The zero-order chi connectivity index (χ0) is 14.8. The molecule has 0 bridgehead atoms. The van der Waals surface area contributed by atoms with Crippen LogP contribution in [0.1, 0.15) is 58.3 Å². The molecule has 2 atom stereocenters. The number of halogens is 3. The molecule has 0 heterocycles. The number of aliphatic hydroxyl groups is 1. The Morgan fingerprint density at radius 2 is 1.80 bits per heavy atom. The quantitative estimate of drug-likeness (QED) is 0.832. The van der Waals surface area contributed by atoms with Crippen molar-refractivity contribution >= 4 is 0 Å². The maximum Gasteiger partial charge on any atom is 0.391 e. The van der Waals surface area contributed by atoms with E-state index < -0.39 is 17.7 Å². The van der Waals surface area contributed by atoms with Crippen molar-refractivity contribution in [3.05, 3.63) is 0 Å². The van der Waals surface area contributed by atoms with Crippen molar-refractivity contribution in [3.63, 3.8) is 0 Å². The first kappa shape index (κ1) is 16.1. The molecule has 2 fully saturated rings. The molecule has 0 aromatic heterocycles. The van der Waals surface area contributed by atoms with Crippen molar-refractivity contribution in [2.45, 2.75) is 76.1 Å². The fourth-order valence-electron chi connectivity index (χ4n) is 3.75. The molecular formula is C15H26F3NO. The minimum atomic E-state index is -4.04. The minimum absolute atomic E-state index is 0.134. The van der Waals surface area contributed by atoms with Gasteiger partial charge in [-0.15, -0.1) is 0 Å². The Hall–Kier alpha value is -0.290. The summed E-state index contributed by atoms with van der Waals surface area (Å²) in [6.45, 7) is 2.68. The maximum absolute atomic E-state index is 12.6. The van der Waals surface area contributed by atoms with E-state index in [0.29, 0.717) is 25.3 Å². The Bertz CT molecular complexity index is 313. The largest absolute Gasteiger partial charge is 0.391 e. The van der Waals surface area contributed by atoms with Crippen molar-refractivity contribution in [2.75, 3.05) is 6.54 Å². The lowest BCUT2D eigenvalue weighted by molar-refractivity contribution is -0.183. The van der Waals surface area contributed by atoms with Crippen LogP contribution in [0.5, 0.6) is 0 Å². The lowest BCUT2D eigenvalue weighted by atomic mass is 9.78. The summed E-state index contributed by atoms with van der Waals surface area (Å²) >= 11 is 0. The van der Waals surface area contributed by atoms with E-state index in [9.17, 15) is 18.3 Å². The fourth-order valence-corrected chi connectivity index (χ4v) is 3.75. The highest BCUT2D eigenvalue weighted by atomic mass is 19.4. The Balaban J connectivity index is 1.73. The fraction of sp³-hybridized carbons (Fsp3) is 1.00. The van der Waals surface area contributed by atoms with Gasteiger partial charge in [-0.1, -0.05) is 19.8 Å². The molecule has 0 radical (unpaired) electrons. The molecule has 2 nitrogen and oxygen atoms in total. The van der Waals surface area contributed by atoms with E-state index in [1.54, 1.807) is 0 Å². The molecule has 0 aromatic carbocycles. The van der Waals surface area contributed by atoms with Gasteiger partial charge in [0, 0.05) is 12.6 Å². The molecule has 2 saturated carbocycles. The summed E-state index contributed by atoms with van der Waals surface area (Å²) in [6.07, 6.45) is 1.35. The van der Waals surface area contributed by atoms with E-state index in [0.717, 1.165) is 19.3 Å². The van der Waals surface area contributed by atoms with Gasteiger partial charge in [0.2, 0.25) is 0 Å². The number of hydrogen-bond donors (Lipinski definition) is 2. The standard InChI is InChI=1S/C15H26F3NO/c1-11-3-2-8-14(20,9-11)10-19-13-6-4-12(5-7-13)15(16,17)18/h11-13,19-20H,2-10H2,1H3. The normalized spacial score (nSPS) is 39.8. The van der Waals surface area contributed by atoms with Gasteiger partial charge in [-0.25, -0.2) is 0 Å². The maximum atomic E-state index is 12.6. The van der Waals surface area contributed by atoms with Crippen LogP contribution in [0.3, 0.4) is 0 Å². The van der Waals surface area contributed by atoms with E-state index in [4.69, 9.17) is 0 Å². The molecule has 118 valence electrons. The van der Waals surface area contributed by atoms with Crippen LogP contribution in [0.4, 0.5) is 13.2 Å². The van der Waals surface area contributed by atoms with Crippen LogP contribution in [0.15, 0.2) is 0 Å². The second kappa shape index (κ2) is 6.22. The van der Waals surface area contributed by atoms with Crippen LogP contribution >= 0.6 is 0 Å². The zero-order valence-corrected chi connectivity index (χ0v) is 12.2. The molecule has 2 rings (SSSR count). The molecule has 0 saturated heterocycles. The Morgan fingerprint density at radius 3 is 2.35 bits per heavy atom. The highest BCUT2D eigenvalue weighted by Gasteiger charge is 2.41. The first-order chi connectivity index (χ1) is 9.28. The molecule has 0 aliphatic heterocycles. The predicted octanol–water partition coefficient (Wildman–Crippen LogP) is 3.64. The first-order valence-corrected chi connectivity index (χ1v) is 7.81. The third kappa shape index (κ3) is 4.35. The highest BCUT2D eigenvalue weighted by Crippen LogP contribution is 2.38. The van der Waals surface area contributed by atoms with Gasteiger partial charge in [-0.3, -0.25) is 0 Å². The van der Waals surface area contributed by atoms with E-state index in [-0.39, 0.29) is 18.9 Å². The average molecular weight is 293 g/mol. The minimum Gasteiger partial charge on any atom is -0.389 e. The zero-order valence-electron chi connectivity index (χ0n) is 12.2. The number of hydrogen-bond acceptors (Lipinski definition) is 2. The second-order valence-electron chi connectivity index (χ2n) is 6.90. The molecule has 20 heavy (non-hydrogen) atoms. The van der Waals surface area contributed by atoms with Crippen molar-refractivity contribution in [1.29, 1.82) is 0 Å². The van der Waals surface area contributed by atoms with Crippen LogP contribution in [0.25, 0.3) is 0 Å². The SMILES string of the molecule is CC1CCCC(O)(CNC2CCC(C(F)(F)F)CC2)C1. The van der Waals surface area contributed by atoms with Crippen LogP contribution < -0.4 is 5.32 Å². The first-order valence-electron chi connectivity index (χ1n) is 7.81. The van der Waals surface area contributed by atoms with Gasteiger partial charge in [0.1, 0.15) is 0 Å². The molecule has 2 aliphatic carbocycles. The van der Waals surface area contributed by atoms with Gasteiger partial charge in [0.05, 0.1) is 11.5 Å². The van der Waals surface area contributed by atoms with E-state index in [1.807, 2.05) is 0 Å². The Kier molecular flexibility index (Phi) is 5.00. The van der Waals surface area contributed by atoms with Crippen molar-refractivity contribution in [3.8, 4) is 0 Å². The molecule has 2 N–H and O–H groups in total. The number of rotatable bonds is 3. The van der Waals surface area contributed by atoms with E-state index >= 15 is 0 Å². The van der Waals surface area contributed by atoms with Gasteiger partial charge in [-0.05, 0) is 44.4 Å². The van der Waals surface area contributed by atoms with Crippen LogP contribution in [-0.4, -0.2) is 29.5 Å². The lowest BCUT2D eigenvalue weighted by Gasteiger charge is -2.38. The summed E-state index contributed by atoms with van der Waals surface area (Å²) in [4.78, 5) is 0. The summed E-state index contributed by atoms with van der Waals surface area (Å²) in [5.74, 6) is -0.588. The predicted molar refractivity (Wildman–Crippen MR) is 72.4 cm³/mol. The van der Waals surface area contributed by atoms with Crippen molar-refractivity contribution in [2.24, 2.45) is 11.8 Å². The third-order valence-electron chi connectivity index (χ3n) is 4.98. The number of alkyl halides is 3. The molecule has 5 heteroatoms.